The van der Waals surface area contributed by atoms with E-state index in [2.05, 4.69) is 0 Å². The van der Waals surface area contributed by atoms with Crippen molar-refractivity contribution < 1.29 is 23.0 Å². The van der Waals surface area contributed by atoms with Crippen molar-refractivity contribution in [2.24, 2.45) is 0 Å². The Kier molecular flexibility index (Phi) is 2.67. The smallest absolute Gasteiger partial charge is 0.183 e. The number of aromatic hydroxyl groups is 1. The maximum absolute atomic E-state index is 13.6. The number of sulfone groups is 1. The number of benzene rings is 1. The van der Waals surface area contributed by atoms with Gasteiger partial charge in [0.2, 0.25) is 0 Å². The monoisotopic (exact) mass is 260 g/mol. The number of hydrogen-bond donors (Lipinski definition) is 2. The number of halogens is 1. The number of phenolic OH excluding ortho intramolecular Hbond substituents is 1. The fraction of sp³-hybridized carbons (Fsp3) is 0.455. The molecule has 4 nitrogen and oxygen atoms in total. The summed E-state index contributed by atoms with van der Waals surface area (Å²) in [5, 5.41) is 19.3. The topological polar surface area (TPSA) is 74.6 Å². The van der Waals surface area contributed by atoms with Crippen LogP contribution in [0.15, 0.2) is 17.0 Å². The highest BCUT2D eigenvalue weighted by Gasteiger charge is 2.41. The predicted octanol–water partition coefficient (Wildman–Crippen LogP) is 1.00. The van der Waals surface area contributed by atoms with Gasteiger partial charge in [0.05, 0.1) is 5.60 Å². The van der Waals surface area contributed by atoms with Crippen LogP contribution in [-0.2, 0) is 16.3 Å². The maximum Gasteiger partial charge on any atom is 0.183 e. The minimum absolute atomic E-state index is 0.139. The van der Waals surface area contributed by atoms with Crippen LogP contribution in [0.2, 0.25) is 0 Å². The Bertz CT molecular complexity index is 561. The van der Waals surface area contributed by atoms with Gasteiger partial charge in [-0.25, -0.2) is 12.8 Å². The molecule has 1 aliphatic carbocycles. The number of aliphatic hydroxyl groups is 1. The molecule has 0 spiro atoms. The lowest BCUT2D eigenvalue weighted by molar-refractivity contribution is 0.149. The standard InChI is InChI=1S/C11H13FO4S/c1-17(15,16)8-3-2-7(10(13)9(8)12)6-11(14)4-5-11/h2-3,13-14H,4-6H2,1H3. The molecule has 1 fully saturated rings. The lowest BCUT2D eigenvalue weighted by Gasteiger charge is -2.11. The molecule has 1 aliphatic rings. The second-order valence-electron chi connectivity index (χ2n) is 4.56. The molecular formula is C11H13FO4S. The second kappa shape index (κ2) is 3.68. The molecule has 6 heteroatoms. The molecule has 0 atom stereocenters. The molecule has 1 aromatic carbocycles. The summed E-state index contributed by atoms with van der Waals surface area (Å²) in [7, 11) is -3.70. The van der Waals surface area contributed by atoms with Gasteiger partial charge in [0.15, 0.2) is 21.4 Å². The molecule has 0 bridgehead atoms. The van der Waals surface area contributed by atoms with E-state index in [4.69, 9.17) is 0 Å². The average Bonchev–Trinajstić information content (AvgIpc) is 2.90. The van der Waals surface area contributed by atoms with Gasteiger partial charge in [-0.05, 0) is 24.5 Å². The van der Waals surface area contributed by atoms with Crippen LogP contribution >= 0.6 is 0 Å². The van der Waals surface area contributed by atoms with Crippen LogP contribution in [0.25, 0.3) is 0 Å². The van der Waals surface area contributed by atoms with Gasteiger partial charge in [0.25, 0.3) is 0 Å². The van der Waals surface area contributed by atoms with E-state index in [0.717, 1.165) is 12.3 Å². The Morgan fingerprint density at radius 1 is 1.41 bits per heavy atom. The van der Waals surface area contributed by atoms with E-state index < -0.39 is 31.9 Å². The number of rotatable bonds is 3. The van der Waals surface area contributed by atoms with Crippen LogP contribution in [0.3, 0.4) is 0 Å². The van der Waals surface area contributed by atoms with E-state index in [1.165, 1.54) is 6.07 Å². The highest BCUT2D eigenvalue weighted by Crippen LogP contribution is 2.40. The zero-order chi connectivity index (χ0) is 12.8. The van der Waals surface area contributed by atoms with Crippen molar-refractivity contribution in [3.8, 4) is 5.75 Å². The average molecular weight is 260 g/mol. The maximum atomic E-state index is 13.6. The lowest BCUT2D eigenvalue weighted by Crippen LogP contribution is -2.12. The zero-order valence-electron chi connectivity index (χ0n) is 9.27. The molecule has 2 rings (SSSR count). The molecule has 94 valence electrons. The van der Waals surface area contributed by atoms with Crippen LogP contribution < -0.4 is 0 Å². The fourth-order valence-electron chi connectivity index (χ4n) is 1.69. The molecule has 2 N–H and O–H groups in total. The summed E-state index contributed by atoms with van der Waals surface area (Å²) in [6, 6.07) is 2.45. The summed E-state index contributed by atoms with van der Waals surface area (Å²) >= 11 is 0. The molecule has 0 unspecified atom stereocenters. The Balaban J connectivity index is 2.42. The Hall–Kier alpha value is -1.14. The summed E-state index contributed by atoms with van der Waals surface area (Å²) in [4.78, 5) is -0.526. The Morgan fingerprint density at radius 2 is 2.00 bits per heavy atom. The summed E-state index contributed by atoms with van der Waals surface area (Å²) < 4.78 is 36.1. The first-order valence-corrected chi connectivity index (χ1v) is 7.05. The van der Waals surface area contributed by atoms with Gasteiger partial charge in [0, 0.05) is 12.7 Å². The molecule has 17 heavy (non-hydrogen) atoms. The summed E-state index contributed by atoms with van der Waals surface area (Å²) in [6.45, 7) is 0. The van der Waals surface area contributed by atoms with Crippen molar-refractivity contribution in [2.45, 2.75) is 29.8 Å². The largest absolute Gasteiger partial charge is 0.505 e. The first-order chi connectivity index (χ1) is 7.73. The van der Waals surface area contributed by atoms with E-state index in [-0.39, 0.29) is 12.0 Å². The highest BCUT2D eigenvalue weighted by atomic mass is 32.2. The molecule has 0 saturated heterocycles. The van der Waals surface area contributed by atoms with Gasteiger partial charge < -0.3 is 10.2 Å². The van der Waals surface area contributed by atoms with Crippen LogP contribution in [-0.4, -0.2) is 30.5 Å². The minimum Gasteiger partial charge on any atom is -0.505 e. The van der Waals surface area contributed by atoms with Gasteiger partial charge in [-0.2, -0.15) is 0 Å². The molecule has 0 aliphatic heterocycles. The van der Waals surface area contributed by atoms with Crippen molar-refractivity contribution >= 4 is 9.84 Å². The minimum atomic E-state index is -3.70. The zero-order valence-corrected chi connectivity index (χ0v) is 10.1. The summed E-state index contributed by atoms with van der Waals surface area (Å²) in [5.41, 5.74) is -0.633. The van der Waals surface area contributed by atoms with Crippen LogP contribution in [0.4, 0.5) is 4.39 Å². The predicted molar refractivity (Wildman–Crippen MR) is 59.1 cm³/mol. The summed E-state index contributed by atoms with van der Waals surface area (Å²) in [5.74, 6) is -1.83. The molecular weight excluding hydrogens is 247 g/mol. The number of hydrogen-bond acceptors (Lipinski definition) is 4. The first-order valence-electron chi connectivity index (χ1n) is 5.16. The normalized spacial score (nSPS) is 18.1. The van der Waals surface area contributed by atoms with Gasteiger partial charge in [-0.15, -0.1) is 0 Å². The number of phenols is 1. The van der Waals surface area contributed by atoms with Crippen molar-refractivity contribution in [3.05, 3.63) is 23.5 Å². The second-order valence-corrected chi connectivity index (χ2v) is 6.54. The third-order valence-corrected chi connectivity index (χ3v) is 4.02. The van der Waals surface area contributed by atoms with Crippen LogP contribution in [0.1, 0.15) is 18.4 Å². The highest BCUT2D eigenvalue weighted by molar-refractivity contribution is 7.90. The molecule has 1 aromatic rings. The van der Waals surface area contributed by atoms with Crippen molar-refractivity contribution in [1.82, 2.24) is 0 Å². The summed E-state index contributed by atoms with van der Waals surface area (Å²) in [6.07, 6.45) is 2.24. The molecule has 0 radical (unpaired) electrons. The molecule has 0 heterocycles. The van der Waals surface area contributed by atoms with E-state index in [1.54, 1.807) is 0 Å². The van der Waals surface area contributed by atoms with Crippen molar-refractivity contribution in [1.29, 1.82) is 0 Å². The lowest BCUT2D eigenvalue weighted by atomic mass is 10.1. The fourth-order valence-corrected chi connectivity index (χ4v) is 2.43. The molecule has 0 aromatic heterocycles. The first kappa shape index (κ1) is 12.3. The third-order valence-electron chi connectivity index (χ3n) is 2.91. The van der Waals surface area contributed by atoms with Gasteiger partial charge in [-0.1, -0.05) is 6.07 Å². The Labute approximate surface area is 98.6 Å². The Morgan fingerprint density at radius 3 is 2.47 bits per heavy atom. The van der Waals surface area contributed by atoms with Gasteiger partial charge >= 0.3 is 0 Å². The molecule has 1 saturated carbocycles. The van der Waals surface area contributed by atoms with Crippen molar-refractivity contribution in [3.63, 3.8) is 0 Å². The van der Waals surface area contributed by atoms with Crippen LogP contribution in [0, 0.1) is 5.82 Å². The SMILES string of the molecule is CS(=O)(=O)c1ccc(CC2(O)CC2)c(O)c1F. The van der Waals surface area contributed by atoms with E-state index in [1.807, 2.05) is 0 Å². The van der Waals surface area contributed by atoms with E-state index >= 15 is 0 Å². The van der Waals surface area contributed by atoms with Crippen LogP contribution in [0.5, 0.6) is 5.75 Å². The third kappa shape index (κ3) is 2.42. The van der Waals surface area contributed by atoms with E-state index in [0.29, 0.717) is 12.8 Å². The van der Waals surface area contributed by atoms with E-state index in [9.17, 15) is 23.0 Å². The molecule has 0 amide bonds. The van der Waals surface area contributed by atoms with Gasteiger partial charge in [0.1, 0.15) is 4.90 Å². The quantitative estimate of drug-likeness (QED) is 0.850. The van der Waals surface area contributed by atoms with Gasteiger partial charge in [-0.3, -0.25) is 0 Å². The van der Waals surface area contributed by atoms with Crippen molar-refractivity contribution in [2.75, 3.05) is 6.26 Å².